The molecule has 0 bridgehead atoms. The van der Waals surface area contributed by atoms with Gasteiger partial charge in [0.1, 0.15) is 5.82 Å². The summed E-state index contributed by atoms with van der Waals surface area (Å²) in [5.41, 5.74) is 6.27. The van der Waals surface area contributed by atoms with Crippen molar-refractivity contribution in [3.05, 3.63) is 35.6 Å². The van der Waals surface area contributed by atoms with E-state index in [1.165, 1.54) is 24.3 Å². The normalized spacial score (nSPS) is 18.3. The van der Waals surface area contributed by atoms with Gasteiger partial charge in [-0.05, 0) is 37.6 Å². The molecule has 0 radical (unpaired) electrons. The molecular formula is C17H24FN3O2. The number of rotatable bonds is 3. The summed E-state index contributed by atoms with van der Waals surface area (Å²) < 4.78 is 13.0. The SMILES string of the molecule is CC(N)C(C)C(=O)N1CCCN(C(=O)c2ccc(F)cc2)CC1. The highest BCUT2D eigenvalue weighted by Crippen LogP contribution is 2.13. The largest absolute Gasteiger partial charge is 0.341 e. The topological polar surface area (TPSA) is 66.6 Å². The van der Waals surface area contributed by atoms with Gasteiger partial charge in [0.25, 0.3) is 5.91 Å². The van der Waals surface area contributed by atoms with Crippen LogP contribution in [-0.2, 0) is 4.79 Å². The summed E-state index contributed by atoms with van der Waals surface area (Å²) in [6, 6.07) is 5.35. The number of benzene rings is 1. The Labute approximate surface area is 136 Å². The average molecular weight is 321 g/mol. The Kier molecular flexibility index (Phi) is 5.71. The van der Waals surface area contributed by atoms with Crippen molar-refractivity contribution in [2.45, 2.75) is 26.3 Å². The first-order chi connectivity index (χ1) is 10.9. The van der Waals surface area contributed by atoms with Crippen LogP contribution in [0.2, 0.25) is 0 Å². The number of hydrogen-bond acceptors (Lipinski definition) is 3. The van der Waals surface area contributed by atoms with E-state index in [1.807, 2.05) is 13.8 Å². The third-order valence-electron chi connectivity index (χ3n) is 4.36. The second-order valence-electron chi connectivity index (χ2n) is 6.13. The zero-order valence-corrected chi connectivity index (χ0v) is 13.7. The first-order valence-corrected chi connectivity index (χ1v) is 7.99. The molecule has 1 saturated heterocycles. The minimum absolute atomic E-state index is 0.0380. The molecule has 126 valence electrons. The molecule has 0 aliphatic carbocycles. The van der Waals surface area contributed by atoms with Gasteiger partial charge in [-0.25, -0.2) is 4.39 Å². The summed E-state index contributed by atoms with van der Waals surface area (Å²) in [4.78, 5) is 28.3. The molecular weight excluding hydrogens is 297 g/mol. The second-order valence-corrected chi connectivity index (χ2v) is 6.13. The van der Waals surface area contributed by atoms with Gasteiger partial charge in [0.2, 0.25) is 5.91 Å². The molecule has 1 heterocycles. The van der Waals surface area contributed by atoms with E-state index in [2.05, 4.69) is 0 Å². The number of carbonyl (C=O) groups is 2. The Morgan fingerprint density at radius 2 is 1.61 bits per heavy atom. The van der Waals surface area contributed by atoms with E-state index in [-0.39, 0.29) is 29.6 Å². The summed E-state index contributed by atoms with van der Waals surface area (Å²) in [5, 5.41) is 0. The monoisotopic (exact) mass is 321 g/mol. The first-order valence-electron chi connectivity index (χ1n) is 7.99. The van der Waals surface area contributed by atoms with Crippen molar-refractivity contribution < 1.29 is 14.0 Å². The van der Waals surface area contributed by atoms with E-state index in [0.29, 0.717) is 31.7 Å². The lowest BCUT2D eigenvalue weighted by Crippen LogP contribution is -2.43. The molecule has 1 aromatic rings. The molecule has 0 saturated carbocycles. The Morgan fingerprint density at radius 1 is 1.04 bits per heavy atom. The summed E-state index contributed by atoms with van der Waals surface area (Å²) in [6.45, 7) is 5.86. The quantitative estimate of drug-likeness (QED) is 0.917. The van der Waals surface area contributed by atoms with Crippen molar-refractivity contribution in [1.29, 1.82) is 0 Å². The molecule has 2 N–H and O–H groups in total. The second kappa shape index (κ2) is 7.55. The van der Waals surface area contributed by atoms with Crippen LogP contribution in [0.3, 0.4) is 0 Å². The minimum atomic E-state index is -0.362. The van der Waals surface area contributed by atoms with Crippen molar-refractivity contribution >= 4 is 11.8 Å². The number of amides is 2. The lowest BCUT2D eigenvalue weighted by Gasteiger charge is -2.26. The van der Waals surface area contributed by atoms with Crippen molar-refractivity contribution in [3.8, 4) is 0 Å². The maximum absolute atomic E-state index is 13.0. The fourth-order valence-electron chi connectivity index (χ4n) is 2.63. The molecule has 2 rings (SSSR count). The predicted octanol–water partition coefficient (Wildman–Crippen LogP) is 1.48. The summed E-state index contributed by atoms with van der Waals surface area (Å²) in [7, 11) is 0. The van der Waals surface area contributed by atoms with Crippen molar-refractivity contribution in [1.82, 2.24) is 9.80 Å². The van der Waals surface area contributed by atoms with Crippen molar-refractivity contribution in [2.75, 3.05) is 26.2 Å². The van der Waals surface area contributed by atoms with E-state index < -0.39 is 0 Å². The molecule has 1 aromatic carbocycles. The first kappa shape index (κ1) is 17.4. The molecule has 2 amide bonds. The van der Waals surface area contributed by atoms with E-state index in [4.69, 9.17) is 5.73 Å². The highest BCUT2D eigenvalue weighted by atomic mass is 19.1. The van der Waals surface area contributed by atoms with E-state index >= 15 is 0 Å². The lowest BCUT2D eigenvalue weighted by atomic mass is 10.0. The maximum Gasteiger partial charge on any atom is 0.253 e. The van der Waals surface area contributed by atoms with Crippen LogP contribution in [0, 0.1) is 11.7 Å². The fourth-order valence-corrected chi connectivity index (χ4v) is 2.63. The van der Waals surface area contributed by atoms with Crippen LogP contribution in [0.15, 0.2) is 24.3 Å². The standard InChI is InChI=1S/C17H24FN3O2/c1-12(13(2)19)16(22)20-8-3-9-21(11-10-20)17(23)14-4-6-15(18)7-5-14/h4-7,12-13H,3,8-11,19H2,1-2H3. The summed E-state index contributed by atoms with van der Waals surface area (Å²) >= 11 is 0. The van der Waals surface area contributed by atoms with Crippen LogP contribution in [0.4, 0.5) is 4.39 Å². The number of carbonyl (C=O) groups excluding carboxylic acids is 2. The van der Waals surface area contributed by atoms with Crippen LogP contribution >= 0.6 is 0 Å². The van der Waals surface area contributed by atoms with Gasteiger partial charge in [-0.3, -0.25) is 9.59 Å². The van der Waals surface area contributed by atoms with E-state index in [1.54, 1.807) is 9.80 Å². The molecule has 23 heavy (non-hydrogen) atoms. The fraction of sp³-hybridized carbons (Fsp3) is 0.529. The Hall–Kier alpha value is -1.95. The maximum atomic E-state index is 13.0. The van der Waals surface area contributed by atoms with Gasteiger partial charge in [-0.2, -0.15) is 0 Å². The molecule has 0 spiro atoms. The van der Waals surface area contributed by atoms with Gasteiger partial charge in [-0.15, -0.1) is 0 Å². The zero-order chi connectivity index (χ0) is 17.0. The van der Waals surface area contributed by atoms with Gasteiger partial charge in [-0.1, -0.05) is 6.92 Å². The molecule has 6 heteroatoms. The van der Waals surface area contributed by atoms with Crippen molar-refractivity contribution in [3.63, 3.8) is 0 Å². The van der Waals surface area contributed by atoms with Gasteiger partial charge in [0.05, 0.1) is 5.92 Å². The van der Waals surface area contributed by atoms with Gasteiger partial charge in [0, 0.05) is 37.8 Å². The number of hydrogen-bond donors (Lipinski definition) is 1. The molecule has 0 aromatic heterocycles. The highest BCUT2D eigenvalue weighted by molar-refractivity contribution is 5.94. The average Bonchev–Trinajstić information content (AvgIpc) is 2.79. The predicted molar refractivity (Wildman–Crippen MR) is 86.3 cm³/mol. The third kappa shape index (κ3) is 4.28. The van der Waals surface area contributed by atoms with Gasteiger partial charge in [0.15, 0.2) is 0 Å². The number of nitrogens with zero attached hydrogens (tertiary/aromatic N) is 2. The van der Waals surface area contributed by atoms with Crippen LogP contribution in [0.1, 0.15) is 30.6 Å². The number of nitrogens with two attached hydrogens (primary N) is 1. The van der Waals surface area contributed by atoms with E-state index in [0.717, 1.165) is 6.42 Å². The van der Waals surface area contributed by atoms with Crippen LogP contribution in [-0.4, -0.2) is 53.8 Å². The Bertz CT molecular complexity index is 559. The zero-order valence-electron chi connectivity index (χ0n) is 13.7. The number of halogens is 1. The molecule has 1 aliphatic heterocycles. The molecule has 1 fully saturated rings. The molecule has 2 unspecified atom stereocenters. The smallest absolute Gasteiger partial charge is 0.253 e. The lowest BCUT2D eigenvalue weighted by molar-refractivity contribution is -0.135. The Morgan fingerprint density at radius 3 is 2.22 bits per heavy atom. The molecule has 2 atom stereocenters. The minimum Gasteiger partial charge on any atom is -0.341 e. The Balaban J connectivity index is 1.99. The van der Waals surface area contributed by atoms with Crippen LogP contribution in [0.5, 0.6) is 0 Å². The van der Waals surface area contributed by atoms with E-state index in [9.17, 15) is 14.0 Å². The summed E-state index contributed by atoms with van der Waals surface area (Å²) in [6.07, 6.45) is 0.727. The van der Waals surface area contributed by atoms with Crippen LogP contribution < -0.4 is 5.73 Å². The van der Waals surface area contributed by atoms with Gasteiger partial charge < -0.3 is 15.5 Å². The highest BCUT2D eigenvalue weighted by Gasteiger charge is 2.26. The van der Waals surface area contributed by atoms with Crippen LogP contribution in [0.25, 0.3) is 0 Å². The van der Waals surface area contributed by atoms with Crippen molar-refractivity contribution in [2.24, 2.45) is 11.7 Å². The summed E-state index contributed by atoms with van der Waals surface area (Å²) in [5.74, 6) is -0.677. The van der Waals surface area contributed by atoms with Gasteiger partial charge >= 0.3 is 0 Å². The molecule has 5 nitrogen and oxygen atoms in total. The molecule has 1 aliphatic rings. The third-order valence-corrected chi connectivity index (χ3v) is 4.36.